The van der Waals surface area contributed by atoms with Gasteiger partial charge in [-0.2, -0.15) is 0 Å². The van der Waals surface area contributed by atoms with Crippen LogP contribution in [0, 0.1) is 11.7 Å². The van der Waals surface area contributed by atoms with Crippen LogP contribution in [0.25, 0.3) is 0 Å². The summed E-state index contributed by atoms with van der Waals surface area (Å²) >= 11 is 0. The van der Waals surface area contributed by atoms with Gasteiger partial charge in [0.05, 0.1) is 0 Å². The summed E-state index contributed by atoms with van der Waals surface area (Å²) in [7, 11) is 0. The molecule has 21 heavy (non-hydrogen) atoms. The molecule has 2 saturated carbocycles. The Morgan fingerprint density at radius 3 is 2.62 bits per heavy atom. The smallest absolute Gasteiger partial charge is 0.123 e. The first-order chi connectivity index (χ1) is 10.3. The topological polar surface area (TPSA) is 12.0 Å². The highest BCUT2D eigenvalue weighted by molar-refractivity contribution is 5.23. The SMILES string of the molecule is CCC(NC1CC(c2cccc(F)c2)C1)C1CCCCC1. The van der Waals surface area contributed by atoms with E-state index in [1.807, 2.05) is 6.07 Å². The third-order valence-corrected chi connectivity index (χ3v) is 5.57. The van der Waals surface area contributed by atoms with Gasteiger partial charge >= 0.3 is 0 Å². The summed E-state index contributed by atoms with van der Waals surface area (Å²) in [6.07, 6.45) is 10.7. The van der Waals surface area contributed by atoms with Gasteiger partial charge in [0, 0.05) is 12.1 Å². The van der Waals surface area contributed by atoms with Gasteiger partial charge in [-0.3, -0.25) is 0 Å². The molecule has 2 aliphatic carbocycles. The summed E-state index contributed by atoms with van der Waals surface area (Å²) in [5.74, 6) is 1.34. The highest BCUT2D eigenvalue weighted by atomic mass is 19.1. The minimum absolute atomic E-state index is 0.0995. The van der Waals surface area contributed by atoms with Crippen molar-refractivity contribution in [2.24, 2.45) is 5.92 Å². The van der Waals surface area contributed by atoms with Gasteiger partial charge in [0.1, 0.15) is 5.82 Å². The molecular weight excluding hydrogens is 261 g/mol. The molecule has 0 amide bonds. The molecule has 0 spiro atoms. The third-order valence-electron chi connectivity index (χ3n) is 5.57. The van der Waals surface area contributed by atoms with Crippen molar-refractivity contribution in [3.05, 3.63) is 35.6 Å². The number of rotatable bonds is 5. The molecular formula is C19H28FN. The predicted octanol–water partition coefficient (Wildman–Crippen LogP) is 5.02. The first-order valence-electron chi connectivity index (χ1n) is 8.77. The first-order valence-corrected chi connectivity index (χ1v) is 8.77. The minimum atomic E-state index is -0.0995. The molecule has 3 rings (SSSR count). The summed E-state index contributed by atoms with van der Waals surface area (Å²) in [5.41, 5.74) is 1.18. The van der Waals surface area contributed by atoms with Crippen LogP contribution in [0.1, 0.15) is 69.8 Å². The number of nitrogens with one attached hydrogen (secondary N) is 1. The Labute approximate surface area is 128 Å². The van der Waals surface area contributed by atoms with E-state index in [-0.39, 0.29) is 5.82 Å². The fraction of sp³-hybridized carbons (Fsp3) is 0.684. The molecule has 0 bridgehead atoms. The quantitative estimate of drug-likeness (QED) is 0.802. The highest BCUT2D eigenvalue weighted by Gasteiger charge is 2.33. The van der Waals surface area contributed by atoms with E-state index in [0.29, 0.717) is 18.0 Å². The fourth-order valence-electron chi connectivity index (χ4n) is 4.21. The third kappa shape index (κ3) is 3.66. The summed E-state index contributed by atoms with van der Waals surface area (Å²) in [6, 6.07) is 8.49. The Bertz CT molecular complexity index is 447. The van der Waals surface area contributed by atoms with Crippen LogP contribution in [0.4, 0.5) is 4.39 Å². The van der Waals surface area contributed by atoms with Gasteiger partial charge in [0.15, 0.2) is 0 Å². The van der Waals surface area contributed by atoms with Crippen LogP contribution < -0.4 is 5.32 Å². The van der Waals surface area contributed by atoms with Gasteiger partial charge in [0.25, 0.3) is 0 Å². The average Bonchev–Trinajstić information content (AvgIpc) is 2.47. The summed E-state index contributed by atoms with van der Waals surface area (Å²) < 4.78 is 13.3. The van der Waals surface area contributed by atoms with Crippen LogP contribution in [0.3, 0.4) is 0 Å². The van der Waals surface area contributed by atoms with Crippen LogP contribution >= 0.6 is 0 Å². The molecule has 1 nitrogen and oxygen atoms in total. The molecule has 1 aromatic carbocycles. The Hall–Kier alpha value is -0.890. The lowest BCUT2D eigenvalue weighted by Gasteiger charge is -2.41. The molecule has 2 aliphatic rings. The molecule has 2 fully saturated rings. The zero-order chi connectivity index (χ0) is 14.7. The first kappa shape index (κ1) is 15.0. The molecule has 1 atom stereocenters. The maximum Gasteiger partial charge on any atom is 0.123 e. The number of hydrogen-bond donors (Lipinski definition) is 1. The van der Waals surface area contributed by atoms with E-state index in [1.54, 1.807) is 6.07 Å². The maximum absolute atomic E-state index is 13.3. The van der Waals surface area contributed by atoms with Gasteiger partial charge in [-0.1, -0.05) is 38.3 Å². The van der Waals surface area contributed by atoms with E-state index in [1.165, 1.54) is 63.0 Å². The Morgan fingerprint density at radius 1 is 1.19 bits per heavy atom. The molecule has 2 heteroatoms. The second kappa shape index (κ2) is 6.91. The molecule has 116 valence electrons. The van der Waals surface area contributed by atoms with E-state index in [0.717, 1.165) is 5.92 Å². The highest BCUT2D eigenvalue weighted by Crippen LogP contribution is 2.38. The van der Waals surface area contributed by atoms with Crippen molar-refractivity contribution in [2.75, 3.05) is 0 Å². The summed E-state index contributed by atoms with van der Waals surface area (Å²) in [5, 5.41) is 3.89. The van der Waals surface area contributed by atoms with E-state index in [2.05, 4.69) is 18.3 Å². The van der Waals surface area contributed by atoms with Crippen LogP contribution in [0.15, 0.2) is 24.3 Å². The van der Waals surface area contributed by atoms with Crippen LogP contribution in [0.5, 0.6) is 0 Å². The molecule has 1 unspecified atom stereocenters. The van der Waals surface area contributed by atoms with Crippen molar-refractivity contribution in [2.45, 2.75) is 76.3 Å². The Kier molecular flexibility index (Phi) is 4.95. The fourth-order valence-corrected chi connectivity index (χ4v) is 4.21. The summed E-state index contributed by atoms with van der Waals surface area (Å²) in [6.45, 7) is 2.31. The van der Waals surface area contributed by atoms with Crippen LogP contribution in [-0.4, -0.2) is 12.1 Å². The Morgan fingerprint density at radius 2 is 1.95 bits per heavy atom. The standard InChI is InChI=1S/C19H28FN/c1-2-19(14-7-4-3-5-8-14)21-18-12-16(13-18)15-9-6-10-17(20)11-15/h6,9-11,14,16,18-19,21H,2-5,7-8,12-13H2,1H3. The van der Waals surface area contributed by atoms with Crippen molar-refractivity contribution in [3.63, 3.8) is 0 Å². The predicted molar refractivity (Wildman–Crippen MR) is 86.0 cm³/mol. The van der Waals surface area contributed by atoms with E-state index in [9.17, 15) is 4.39 Å². The number of halogens is 1. The van der Waals surface area contributed by atoms with Crippen molar-refractivity contribution in [3.8, 4) is 0 Å². The van der Waals surface area contributed by atoms with Crippen LogP contribution in [0.2, 0.25) is 0 Å². The normalized spacial score (nSPS) is 28.1. The maximum atomic E-state index is 13.3. The van der Waals surface area contributed by atoms with Crippen molar-refractivity contribution in [1.29, 1.82) is 0 Å². The van der Waals surface area contributed by atoms with Crippen molar-refractivity contribution in [1.82, 2.24) is 5.32 Å². The molecule has 0 aliphatic heterocycles. The zero-order valence-corrected chi connectivity index (χ0v) is 13.2. The van der Waals surface area contributed by atoms with Gasteiger partial charge in [-0.25, -0.2) is 4.39 Å². The molecule has 0 aromatic heterocycles. The van der Waals surface area contributed by atoms with E-state index < -0.39 is 0 Å². The van der Waals surface area contributed by atoms with Crippen molar-refractivity contribution < 1.29 is 4.39 Å². The van der Waals surface area contributed by atoms with Gasteiger partial charge in [-0.15, -0.1) is 0 Å². The number of benzene rings is 1. The largest absolute Gasteiger partial charge is 0.311 e. The van der Waals surface area contributed by atoms with Gasteiger partial charge < -0.3 is 5.32 Å². The lowest BCUT2D eigenvalue weighted by Crippen LogP contribution is -2.48. The minimum Gasteiger partial charge on any atom is -0.311 e. The van der Waals surface area contributed by atoms with Gasteiger partial charge in [-0.05, 0) is 61.6 Å². The second-order valence-electron chi connectivity index (χ2n) is 7.00. The lowest BCUT2D eigenvalue weighted by atomic mass is 9.74. The van der Waals surface area contributed by atoms with Crippen LogP contribution in [-0.2, 0) is 0 Å². The molecule has 1 aromatic rings. The molecule has 1 N–H and O–H groups in total. The number of hydrogen-bond acceptors (Lipinski definition) is 1. The molecule has 0 heterocycles. The Balaban J connectivity index is 1.49. The van der Waals surface area contributed by atoms with Crippen molar-refractivity contribution >= 4 is 0 Å². The average molecular weight is 289 g/mol. The molecule has 0 saturated heterocycles. The summed E-state index contributed by atoms with van der Waals surface area (Å²) in [4.78, 5) is 0. The van der Waals surface area contributed by atoms with E-state index in [4.69, 9.17) is 0 Å². The second-order valence-corrected chi connectivity index (χ2v) is 7.00. The molecule has 0 radical (unpaired) electrons. The van der Waals surface area contributed by atoms with Gasteiger partial charge in [0.2, 0.25) is 0 Å². The lowest BCUT2D eigenvalue weighted by molar-refractivity contribution is 0.197. The van der Waals surface area contributed by atoms with E-state index >= 15 is 0 Å². The monoisotopic (exact) mass is 289 g/mol. The zero-order valence-electron chi connectivity index (χ0n) is 13.2.